The monoisotopic (exact) mass is 179 g/mol. The molecule has 1 N–H and O–H groups in total. The third-order valence-corrected chi connectivity index (χ3v) is 2.00. The molecule has 3 heteroatoms. The largest absolute Gasteiger partial charge is 0.465 e. The summed E-state index contributed by atoms with van der Waals surface area (Å²) in [5.41, 5.74) is 2.17. The maximum Gasteiger partial charge on any atom is 0.407 e. The van der Waals surface area contributed by atoms with Crippen LogP contribution in [0.1, 0.15) is 11.1 Å². The second-order valence-corrected chi connectivity index (χ2v) is 3.07. The molecule has 0 heterocycles. The highest BCUT2D eigenvalue weighted by molar-refractivity contribution is 5.64. The van der Waals surface area contributed by atoms with Gasteiger partial charge in [0.25, 0.3) is 0 Å². The first-order chi connectivity index (χ1) is 6.11. The fourth-order valence-corrected chi connectivity index (χ4v) is 1.11. The summed E-state index contributed by atoms with van der Waals surface area (Å²) in [5, 5.41) is 8.66. The molecule has 0 aliphatic carbocycles. The van der Waals surface area contributed by atoms with Crippen molar-refractivity contribution in [2.24, 2.45) is 0 Å². The van der Waals surface area contributed by atoms with Gasteiger partial charge in [-0.25, -0.2) is 4.79 Å². The highest BCUT2D eigenvalue weighted by Gasteiger charge is 2.06. The Kier molecular flexibility index (Phi) is 2.90. The average Bonchev–Trinajstić information content (AvgIpc) is 2.08. The summed E-state index contributed by atoms with van der Waals surface area (Å²) in [6, 6.07) is 7.78. The minimum atomic E-state index is -0.900. The Hall–Kier alpha value is -1.51. The van der Waals surface area contributed by atoms with Crippen LogP contribution in [0.3, 0.4) is 0 Å². The van der Waals surface area contributed by atoms with Crippen molar-refractivity contribution in [3.63, 3.8) is 0 Å². The van der Waals surface area contributed by atoms with E-state index in [9.17, 15) is 4.79 Å². The molecule has 0 aromatic heterocycles. The third-order valence-electron chi connectivity index (χ3n) is 2.00. The minimum Gasteiger partial charge on any atom is -0.465 e. The lowest BCUT2D eigenvalue weighted by atomic mass is 10.1. The van der Waals surface area contributed by atoms with Gasteiger partial charge in [0.05, 0.1) is 0 Å². The number of amides is 1. The van der Waals surface area contributed by atoms with E-state index in [-0.39, 0.29) is 0 Å². The molecule has 0 saturated carbocycles. The molecule has 13 heavy (non-hydrogen) atoms. The first kappa shape index (κ1) is 9.58. The SMILES string of the molecule is Cc1ccccc1CN(C)C(=O)O. The number of aryl methyl sites for hydroxylation is 1. The zero-order chi connectivity index (χ0) is 9.84. The van der Waals surface area contributed by atoms with Gasteiger partial charge in [0.1, 0.15) is 0 Å². The van der Waals surface area contributed by atoms with Crippen LogP contribution >= 0.6 is 0 Å². The van der Waals surface area contributed by atoms with Gasteiger partial charge in [0, 0.05) is 13.6 Å². The van der Waals surface area contributed by atoms with Crippen molar-refractivity contribution >= 4 is 6.09 Å². The number of carbonyl (C=O) groups is 1. The molecule has 0 bridgehead atoms. The van der Waals surface area contributed by atoms with Crippen LogP contribution in [0.4, 0.5) is 4.79 Å². The quantitative estimate of drug-likeness (QED) is 0.755. The summed E-state index contributed by atoms with van der Waals surface area (Å²) in [5.74, 6) is 0. The van der Waals surface area contributed by atoms with Gasteiger partial charge in [-0.05, 0) is 18.1 Å². The van der Waals surface area contributed by atoms with Gasteiger partial charge in [-0.2, -0.15) is 0 Å². The van der Waals surface area contributed by atoms with E-state index in [1.807, 2.05) is 31.2 Å². The molecule has 0 fully saturated rings. The molecular formula is C10H13NO2. The Bertz CT molecular complexity index is 310. The summed E-state index contributed by atoms with van der Waals surface area (Å²) >= 11 is 0. The number of rotatable bonds is 2. The summed E-state index contributed by atoms with van der Waals surface area (Å²) in [4.78, 5) is 11.8. The van der Waals surface area contributed by atoms with Gasteiger partial charge >= 0.3 is 6.09 Å². The molecule has 0 saturated heterocycles. The molecule has 0 unspecified atom stereocenters. The van der Waals surface area contributed by atoms with Crippen molar-refractivity contribution in [2.45, 2.75) is 13.5 Å². The lowest BCUT2D eigenvalue weighted by Crippen LogP contribution is -2.24. The highest BCUT2D eigenvalue weighted by Crippen LogP contribution is 2.09. The van der Waals surface area contributed by atoms with Crippen molar-refractivity contribution in [3.8, 4) is 0 Å². The van der Waals surface area contributed by atoms with Crippen LogP contribution in [0.5, 0.6) is 0 Å². The van der Waals surface area contributed by atoms with E-state index in [2.05, 4.69) is 0 Å². The van der Waals surface area contributed by atoms with Crippen molar-refractivity contribution in [1.82, 2.24) is 4.90 Å². The predicted octanol–water partition coefficient (Wildman–Crippen LogP) is 2.10. The molecule has 0 aliphatic heterocycles. The second-order valence-electron chi connectivity index (χ2n) is 3.07. The second kappa shape index (κ2) is 3.94. The van der Waals surface area contributed by atoms with Crippen molar-refractivity contribution in [2.75, 3.05) is 7.05 Å². The molecule has 0 aliphatic rings. The maximum atomic E-state index is 10.5. The number of benzene rings is 1. The average molecular weight is 179 g/mol. The number of nitrogens with zero attached hydrogens (tertiary/aromatic N) is 1. The van der Waals surface area contributed by atoms with Gasteiger partial charge in [0.15, 0.2) is 0 Å². The first-order valence-electron chi connectivity index (χ1n) is 4.10. The Morgan fingerprint density at radius 2 is 2.08 bits per heavy atom. The van der Waals surface area contributed by atoms with Crippen LogP contribution in [-0.2, 0) is 6.54 Å². The normalized spacial score (nSPS) is 9.69. The van der Waals surface area contributed by atoms with Gasteiger partial charge in [0.2, 0.25) is 0 Å². The maximum absolute atomic E-state index is 10.5. The standard InChI is InChI=1S/C10H13NO2/c1-8-5-3-4-6-9(8)7-11(2)10(12)13/h3-6H,7H2,1-2H3,(H,12,13). The Balaban J connectivity index is 2.74. The highest BCUT2D eigenvalue weighted by atomic mass is 16.4. The molecule has 1 amide bonds. The molecule has 0 radical (unpaired) electrons. The van der Waals surface area contributed by atoms with Crippen LogP contribution in [0, 0.1) is 6.92 Å². The lowest BCUT2D eigenvalue weighted by molar-refractivity contribution is 0.153. The molecule has 1 aromatic rings. The van der Waals surface area contributed by atoms with Gasteiger partial charge in [-0.15, -0.1) is 0 Å². The summed E-state index contributed by atoms with van der Waals surface area (Å²) in [6.07, 6.45) is -0.900. The molecule has 3 nitrogen and oxygen atoms in total. The van der Waals surface area contributed by atoms with E-state index in [0.29, 0.717) is 6.54 Å². The molecule has 1 rings (SSSR count). The van der Waals surface area contributed by atoms with Gasteiger partial charge in [-0.3, -0.25) is 0 Å². The van der Waals surface area contributed by atoms with Gasteiger partial charge < -0.3 is 10.0 Å². The minimum absolute atomic E-state index is 0.446. The Labute approximate surface area is 77.6 Å². The van der Waals surface area contributed by atoms with E-state index < -0.39 is 6.09 Å². The van der Waals surface area contributed by atoms with Crippen LogP contribution in [0.25, 0.3) is 0 Å². The Morgan fingerprint density at radius 3 is 2.62 bits per heavy atom. The lowest BCUT2D eigenvalue weighted by Gasteiger charge is -2.14. The van der Waals surface area contributed by atoms with Crippen molar-refractivity contribution < 1.29 is 9.90 Å². The van der Waals surface area contributed by atoms with Crippen LogP contribution in [-0.4, -0.2) is 23.1 Å². The molecule has 1 aromatic carbocycles. The first-order valence-corrected chi connectivity index (χ1v) is 4.10. The van der Waals surface area contributed by atoms with E-state index in [1.165, 1.54) is 4.90 Å². The summed E-state index contributed by atoms with van der Waals surface area (Å²) < 4.78 is 0. The topological polar surface area (TPSA) is 40.5 Å². The van der Waals surface area contributed by atoms with Crippen molar-refractivity contribution in [3.05, 3.63) is 35.4 Å². The van der Waals surface area contributed by atoms with Crippen molar-refractivity contribution in [1.29, 1.82) is 0 Å². The number of hydrogen-bond acceptors (Lipinski definition) is 1. The smallest absolute Gasteiger partial charge is 0.407 e. The fraction of sp³-hybridized carbons (Fsp3) is 0.300. The molecule has 0 atom stereocenters. The number of carboxylic acid groups (broad SMARTS) is 1. The summed E-state index contributed by atoms with van der Waals surface area (Å²) in [7, 11) is 1.56. The molecular weight excluding hydrogens is 166 g/mol. The third kappa shape index (κ3) is 2.47. The molecule has 70 valence electrons. The zero-order valence-electron chi connectivity index (χ0n) is 7.82. The van der Waals surface area contributed by atoms with E-state index in [0.717, 1.165) is 11.1 Å². The molecule has 0 spiro atoms. The van der Waals surface area contributed by atoms with Crippen LogP contribution < -0.4 is 0 Å². The fourth-order valence-electron chi connectivity index (χ4n) is 1.11. The van der Waals surface area contributed by atoms with E-state index in [1.54, 1.807) is 7.05 Å². The van der Waals surface area contributed by atoms with E-state index >= 15 is 0 Å². The number of hydrogen-bond donors (Lipinski definition) is 1. The van der Waals surface area contributed by atoms with Gasteiger partial charge in [-0.1, -0.05) is 24.3 Å². The zero-order valence-corrected chi connectivity index (χ0v) is 7.82. The van der Waals surface area contributed by atoms with Crippen LogP contribution in [0.2, 0.25) is 0 Å². The predicted molar refractivity (Wildman–Crippen MR) is 50.7 cm³/mol. The Morgan fingerprint density at radius 1 is 1.46 bits per heavy atom. The van der Waals surface area contributed by atoms with Crippen LogP contribution in [0.15, 0.2) is 24.3 Å². The summed E-state index contributed by atoms with van der Waals surface area (Å²) in [6.45, 7) is 2.42. The van der Waals surface area contributed by atoms with E-state index in [4.69, 9.17) is 5.11 Å².